The van der Waals surface area contributed by atoms with Crippen LogP contribution in [0.25, 0.3) is 21.3 Å². The molecule has 3 N–H and O–H groups in total. The fourth-order valence-corrected chi connectivity index (χ4v) is 4.52. The first kappa shape index (κ1) is 19.9. The smallest absolute Gasteiger partial charge is 0.335 e. The normalized spacial score (nSPS) is 10.8. The van der Waals surface area contributed by atoms with Crippen LogP contribution in [-0.2, 0) is 4.79 Å². The number of aromatic carboxylic acids is 1. The number of carbonyl (C=O) groups excluding carboxylic acids is 1. The van der Waals surface area contributed by atoms with Gasteiger partial charge in [0.25, 0.3) is 5.56 Å². The maximum Gasteiger partial charge on any atom is 0.335 e. The minimum atomic E-state index is -1.03. The highest BCUT2D eigenvalue weighted by molar-refractivity contribution is 7.99. The molecular weight excluding hydrogens is 422 g/mol. The number of thiophene rings is 1. The van der Waals surface area contributed by atoms with Gasteiger partial charge < -0.3 is 15.4 Å². The van der Waals surface area contributed by atoms with Crippen molar-refractivity contribution in [3.05, 3.63) is 75.9 Å². The van der Waals surface area contributed by atoms with Gasteiger partial charge in [-0.25, -0.2) is 9.78 Å². The second kappa shape index (κ2) is 8.52. The van der Waals surface area contributed by atoms with E-state index in [1.54, 1.807) is 0 Å². The van der Waals surface area contributed by atoms with Crippen molar-refractivity contribution in [1.82, 2.24) is 9.97 Å². The summed E-state index contributed by atoms with van der Waals surface area (Å²) in [5.74, 6) is -1.27. The van der Waals surface area contributed by atoms with Crippen molar-refractivity contribution in [2.45, 2.75) is 5.16 Å². The number of fused-ring (bicyclic) bond motifs is 1. The fourth-order valence-electron chi connectivity index (χ4n) is 2.85. The molecule has 0 spiro atoms. The van der Waals surface area contributed by atoms with Crippen LogP contribution in [0.4, 0.5) is 5.69 Å². The number of hydrogen-bond donors (Lipinski definition) is 3. The molecule has 0 fully saturated rings. The SMILES string of the molecule is O=C(CSc1nc2scc(-c3ccccc3)c2c(=O)[nH]1)Nc1ccc(C(=O)O)cc1. The predicted octanol–water partition coefficient (Wildman–Crippen LogP) is 4.08. The van der Waals surface area contributed by atoms with Crippen molar-refractivity contribution in [2.75, 3.05) is 11.1 Å². The number of H-pyrrole nitrogens is 1. The van der Waals surface area contributed by atoms with E-state index in [2.05, 4.69) is 15.3 Å². The molecule has 0 radical (unpaired) electrons. The lowest BCUT2D eigenvalue weighted by molar-refractivity contribution is -0.113. The molecular formula is C21H15N3O4S2. The lowest BCUT2D eigenvalue weighted by Crippen LogP contribution is -2.15. The number of thioether (sulfide) groups is 1. The Bertz CT molecular complexity index is 1280. The van der Waals surface area contributed by atoms with Gasteiger partial charge in [-0.2, -0.15) is 0 Å². The number of aromatic amines is 1. The van der Waals surface area contributed by atoms with Crippen LogP contribution in [0.15, 0.2) is 69.9 Å². The Labute approximate surface area is 178 Å². The average molecular weight is 438 g/mol. The molecule has 0 aliphatic heterocycles. The molecule has 2 aromatic carbocycles. The van der Waals surface area contributed by atoms with Crippen LogP contribution in [0.5, 0.6) is 0 Å². The molecule has 7 nitrogen and oxygen atoms in total. The highest BCUT2D eigenvalue weighted by Gasteiger charge is 2.14. The number of nitrogens with zero attached hydrogens (tertiary/aromatic N) is 1. The van der Waals surface area contributed by atoms with E-state index in [1.807, 2.05) is 35.7 Å². The van der Waals surface area contributed by atoms with Gasteiger partial charge in [0.15, 0.2) is 5.16 Å². The van der Waals surface area contributed by atoms with Crippen molar-refractivity contribution < 1.29 is 14.7 Å². The topological polar surface area (TPSA) is 112 Å². The molecule has 0 saturated heterocycles. The number of nitrogens with one attached hydrogen (secondary N) is 2. The number of amides is 1. The number of carboxylic acid groups (broad SMARTS) is 1. The summed E-state index contributed by atoms with van der Waals surface area (Å²) in [7, 11) is 0. The monoisotopic (exact) mass is 437 g/mol. The zero-order chi connectivity index (χ0) is 21.1. The quantitative estimate of drug-likeness (QED) is 0.310. The summed E-state index contributed by atoms with van der Waals surface area (Å²) < 4.78 is 0. The lowest BCUT2D eigenvalue weighted by atomic mass is 10.1. The number of benzene rings is 2. The van der Waals surface area contributed by atoms with E-state index in [4.69, 9.17) is 5.11 Å². The van der Waals surface area contributed by atoms with Crippen LogP contribution < -0.4 is 10.9 Å². The minimum absolute atomic E-state index is 0.0477. The minimum Gasteiger partial charge on any atom is -0.478 e. The number of aromatic nitrogens is 2. The molecule has 1 amide bonds. The first-order chi connectivity index (χ1) is 14.5. The molecule has 2 aromatic heterocycles. The summed E-state index contributed by atoms with van der Waals surface area (Å²) in [6.07, 6.45) is 0. The summed E-state index contributed by atoms with van der Waals surface area (Å²) in [6, 6.07) is 15.5. The Morgan fingerprint density at radius 2 is 1.83 bits per heavy atom. The first-order valence-electron chi connectivity index (χ1n) is 8.84. The summed E-state index contributed by atoms with van der Waals surface area (Å²) in [4.78, 5) is 43.5. The van der Waals surface area contributed by atoms with E-state index in [-0.39, 0.29) is 22.8 Å². The van der Waals surface area contributed by atoms with Crippen LogP contribution >= 0.6 is 23.1 Å². The molecule has 0 aliphatic carbocycles. The molecule has 4 aromatic rings. The number of rotatable bonds is 6. The van der Waals surface area contributed by atoms with Gasteiger partial charge in [0.05, 0.1) is 16.7 Å². The van der Waals surface area contributed by atoms with E-state index >= 15 is 0 Å². The van der Waals surface area contributed by atoms with Gasteiger partial charge in [0.2, 0.25) is 5.91 Å². The average Bonchev–Trinajstić information content (AvgIpc) is 3.18. The largest absolute Gasteiger partial charge is 0.478 e. The molecule has 0 atom stereocenters. The van der Waals surface area contributed by atoms with Gasteiger partial charge in [-0.3, -0.25) is 9.59 Å². The Morgan fingerprint density at radius 1 is 1.10 bits per heavy atom. The van der Waals surface area contributed by atoms with Crippen molar-refractivity contribution in [3.63, 3.8) is 0 Å². The van der Waals surface area contributed by atoms with E-state index in [0.717, 1.165) is 22.9 Å². The third kappa shape index (κ3) is 4.27. The van der Waals surface area contributed by atoms with E-state index in [1.165, 1.54) is 35.6 Å². The predicted molar refractivity (Wildman–Crippen MR) is 118 cm³/mol. The Balaban J connectivity index is 1.46. The summed E-state index contributed by atoms with van der Waals surface area (Å²) >= 11 is 2.51. The van der Waals surface area contributed by atoms with E-state index in [9.17, 15) is 14.4 Å². The summed E-state index contributed by atoms with van der Waals surface area (Å²) in [5.41, 5.74) is 2.18. The Morgan fingerprint density at radius 3 is 2.53 bits per heavy atom. The van der Waals surface area contributed by atoms with Crippen LogP contribution in [-0.4, -0.2) is 32.7 Å². The second-order valence-electron chi connectivity index (χ2n) is 6.29. The van der Waals surface area contributed by atoms with Crippen LogP contribution in [0.3, 0.4) is 0 Å². The zero-order valence-electron chi connectivity index (χ0n) is 15.4. The maximum absolute atomic E-state index is 12.6. The Kier molecular flexibility index (Phi) is 5.64. The number of carboxylic acids is 1. The summed E-state index contributed by atoms with van der Waals surface area (Å²) in [6.45, 7) is 0. The van der Waals surface area contributed by atoms with Crippen molar-refractivity contribution in [2.24, 2.45) is 0 Å². The molecule has 150 valence electrons. The van der Waals surface area contributed by atoms with Crippen LogP contribution in [0.1, 0.15) is 10.4 Å². The van der Waals surface area contributed by atoms with E-state index < -0.39 is 5.97 Å². The van der Waals surface area contributed by atoms with Gasteiger partial charge in [-0.15, -0.1) is 11.3 Å². The maximum atomic E-state index is 12.6. The fraction of sp³-hybridized carbons (Fsp3) is 0.0476. The third-order valence-corrected chi connectivity index (χ3v) is 6.01. The molecule has 0 aliphatic rings. The van der Waals surface area contributed by atoms with Gasteiger partial charge >= 0.3 is 5.97 Å². The van der Waals surface area contributed by atoms with Gasteiger partial charge in [-0.05, 0) is 29.8 Å². The molecule has 2 heterocycles. The highest BCUT2D eigenvalue weighted by Crippen LogP contribution is 2.31. The summed E-state index contributed by atoms with van der Waals surface area (Å²) in [5, 5.41) is 14.4. The second-order valence-corrected chi connectivity index (χ2v) is 8.11. The molecule has 0 saturated carbocycles. The molecule has 4 rings (SSSR count). The van der Waals surface area contributed by atoms with E-state index in [0.29, 0.717) is 21.1 Å². The van der Waals surface area contributed by atoms with Crippen molar-refractivity contribution >= 4 is 50.9 Å². The zero-order valence-corrected chi connectivity index (χ0v) is 17.0. The number of anilines is 1. The first-order valence-corrected chi connectivity index (χ1v) is 10.7. The molecule has 30 heavy (non-hydrogen) atoms. The van der Waals surface area contributed by atoms with Crippen LogP contribution in [0.2, 0.25) is 0 Å². The van der Waals surface area contributed by atoms with Gasteiger partial charge in [0, 0.05) is 16.6 Å². The number of hydrogen-bond acceptors (Lipinski definition) is 6. The highest BCUT2D eigenvalue weighted by atomic mass is 32.2. The standard InChI is InChI=1S/C21H15N3O4S2/c25-16(22-14-8-6-13(7-9-14)20(27)28)11-30-21-23-18(26)17-15(10-29-19(17)24-21)12-4-2-1-3-5-12/h1-10H,11H2,(H,22,25)(H,27,28)(H,23,24,26). The molecule has 0 bridgehead atoms. The van der Waals surface area contributed by atoms with Crippen molar-refractivity contribution in [3.8, 4) is 11.1 Å². The third-order valence-electron chi connectivity index (χ3n) is 4.26. The van der Waals surface area contributed by atoms with Gasteiger partial charge in [0.1, 0.15) is 4.83 Å². The molecule has 9 heteroatoms. The van der Waals surface area contributed by atoms with Crippen LogP contribution in [0, 0.1) is 0 Å². The van der Waals surface area contributed by atoms with Gasteiger partial charge in [-0.1, -0.05) is 42.1 Å². The number of carbonyl (C=O) groups is 2. The van der Waals surface area contributed by atoms with Crippen molar-refractivity contribution in [1.29, 1.82) is 0 Å². The lowest BCUT2D eigenvalue weighted by Gasteiger charge is -2.05. The Hall–Kier alpha value is -3.43. The molecule has 0 unspecified atom stereocenters.